The number of nitrogens with zero attached hydrogens (tertiary/aromatic N) is 4. The van der Waals surface area contributed by atoms with Crippen molar-refractivity contribution in [2.45, 2.75) is 32.1 Å². The van der Waals surface area contributed by atoms with Crippen LogP contribution in [0.25, 0.3) is 0 Å². The first kappa shape index (κ1) is 13.5. The Hall–Kier alpha value is -0.980. The third kappa shape index (κ3) is 3.28. The smallest absolute Gasteiger partial charge is 0.0942 e. The van der Waals surface area contributed by atoms with Gasteiger partial charge in [0, 0.05) is 33.8 Å². The van der Waals surface area contributed by atoms with Crippen LogP contribution in [-0.2, 0) is 23.1 Å². The molecule has 2 rings (SSSR count). The molecule has 1 saturated heterocycles. The molecule has 0 saturated carbocycles. The van der Waals surface area contributed by atoms with Crippen molar-refractivity contribution in [3.05, 3.63) is 11.9 Å². The van der Waals surface area contributed by atoms with E-state index in [1.54, 1.807) is 7.11 Å². The second-order valence-electron chi connectivity index (χ2n) is 5.47. The molecule has 0 bridgehead atoms. The van der Waals surface area contributed by atoms with E-state index in [0.717, 1.165) is 25.3 Å². The third-order valence-corrected chi connectivity index (χ3v) is 3.10. The number of rotatable bonds is 4. The van der Waals surface area contributed by atoms with Gasteiger partial charge in [-0.3, -0.25) is 9.58 Å². The lowest BCUT2D eigenvalue weighted by Crippen LogP contribution is -2.53. The predicted molar refractivity (Wildman–Crippen MR) is 67.1 cm³/mol. The molecule has 0 aliphatic carbocycles. The largest absolute Gasteiger partial charge is 0.382 e. The molecule has 1 aliphatic rings. The van der Waals surface area contributed by atoms with Crippen molar-refractivity contribution in [2.75, 3.05) is 26.8 Å². The Morgan fingerprint density at radius 3 is 2.94 bits per heavy atom. The zero-order valence-electron chi connectivity index (χ0n) is 11.6. The fourth-order valence-electron chi connectivity index (χ4n) is 2.49. The first-order chi connectivity index (χ1) is 8.50. The molecular weight excluding hydrogens is 232 g/mol. The van der Waals surface area contributed by atoms with Crippen LogP contribution in [0, 0.1) is 0 Å². The van der Waals surface area contributed by atoms with E-state index in [1.807, 2.05) is 17.9 Å². The van der Waals surface area contributed by atoms with E-state index in [-0.39, 0.29) is 11.7 Å². The molecule has 1 aromatic rings. The third-order valence-electron chi connectivity index (χ3n) is 3.10. The summed E-state index contributed by atoms with van der Waals surface area (Å²) in [6, 6.07) is 0. The minimum Gasteiger partial charge on any atom is -0.382 e. The van der Waals surface area contributed by atoms with Gasteiger partial charge in [0.2, 0.25) is 0 Å². The van der Waals surface area contributed by atoms with Crippen LogP contribution < -0.4 is 0 Å². The van der Waals surface area contributed by atoms with Gasteiger partial charge in [-0.15, -0.1) is 5.10 Å². The Labute approximate surface area is 108 Å². The quantitative estimate of drug-likeness (QED) is 0.780. The average Bonchev–Trinajstić information content (AvgIpc) is 2.62. The van der Waals surface area contributed by atoms with Crippen LogP contribution in [0.15, 0.2) is 6.20 Å². The normalized spacial score (nSPS) is 24.3. The van der Waals surface area contributed by atoms with E-state index in [1.165, 1.54) is 0 Å². The molecule has 1 atom stereocenters. The predicted octanol–water partition coefficient (Wildman–Crippen LogP) is 0.441. The highest BCUT2D eigenvalue weighted by Gasteiger charge is 2.33. The van der Waals surface area contributed by atoms with Gasteiger partial charge in [-0.2, -0.15) is 0 Å². The molecule has 6 heteroatoms. The molecule has 1 aromatic heterocycles. The standard InChI is InChI=1S/C12H22N4O2/c1-12(2)9-16(7-11(18-12)8-17-4)6-10-5-13-14-15(10)3/h5,11H,6-9H2,1-4H3/t11-/m0/s1. The van der Waals surface area contributed by atoms with Crippen molar-refractivity contribution in [1.29, 1.82) is 0 Å². The zero-order valence-corrected chi connectivity index (χ0v) is 11.6. The topological polar surface area (TPSA) is 52.4 Å². The summed E-state index contributed by atoms with van der Waals surface area (Å²) in [7, 11) is 3.63. The maximum Gasteiger partial charge on any atom is 0.0942 e. The minimum atomic E-state index is -0.145. The summed E-state index contributed by atoms with van der Waals surface area (Å²) in [6.07, 6.45) is 1.94. The number of morpholine rings is 1. The highest BCUT2D eigenvalue weighted by molar-refractivity contribution is 4.95. The van der Waals surface area contributed by atoms with Gasteiger partial charge in [-0.1, -0.05) is 5.21 Å². The molecule has 102 valence electrons. The van der Waals surface area contributed by atoms with Gasteiger partial charge >= 0.3 is 0 Å². The van der Waals surface area contributed by atoms with Crippen LogP contribution in [0.2, 0.25) is 0 Å². The summed E-state index contributed by atoms with van der Waals surface area (Å²) >= 11 is 0. The van der Waals surface area contributed by atoms with Crippen molar-refractivity contribution in [2.24, 2.45) is 7.05 Å². The second-order valence-corrected chi connectivity index (χ2v) is 5.47. The molecule has 0 radical (unpaired) electrons. The first-order valence-corrected chi connectivity index (χ1v) is 6.23. The molecule has 1 aliphatic heterocycles. The van der Waals surface area contributed by atoms with Crippen LogP contribution in [0.3, 0.4) is 0 Å². The highest BCUT2D eigenvalue weighted by atomic mass is 16.5. The summed E-state index contributed by atoms with van der Waals surface area (Å²) in [5.74, 6) is 0. The van der Waals surface area contributed by atoms with Gasteiger partial charge in [0.05, 0.1) is 30.2 Å². The molecule has 0 amide bonds. The van der Waals surface area contributed by atoms with Gasteiger partial charge in [0.25, 0.3) is 0 Å². The van der Waals surface area contributed by atoms with Crippen LogP contribution >= 0.6 is 0 Å². The fourth-order valence-corrected chi connectivity index (χ4v) is 2.49. The van der Waals surface area contributed by atoms with E-state index in [9.17, 15) is 0 Å². The molecule has 2 heterocycles. The summed E-state index contributed by atoms with van der Waals surface area (Å²) in [4.78, 5) is 2.37. The Balaban J connectivity index is 2.01. The number of ether oxygens (including phenoxy) is 2. The molecule has 0 spiro atoms. The fraction of sp³-hybridized carbons (Fsp3) is 0.833. The minimum absolute atomic E-state index is 0.125. The maximum atomic E-state index is 5.99. The van der Waals surface area contributed by atoms with Gasteiger partial charge in [0.15, 0.2) is 0 Å². The monoisotopic (exact) mass is 254 g/mol. The molecule has 0 N–H and O–H groups in total. The second kappa shape index (κ2) is 5.34. The van der Waals surface area contributed by atoms with Crippen molar-refractivity contribution >= 4 is 0 Å². The SMILES string of the molecule is COC[C@@H]1CN(Cc2cnnn2C)CC(C)(C)O1. The van der Waals surface area contributed by atoms with Crippen molar-refractivity contribution < 1.29 is 9.47 Å². The number of methoxy groups -OCH3 is 1. The molecule has 0 unspecified atom stereocenters. The Morgan fingerprint density at radius 1 is 1.56 bits per heavy atom. The lowest BCUT2D eigenvalue weighted by Gasteiger charge is -2.42. The van der Waals surface area contributed by atoms with E-state index < -0.39 is 0 Å². The van der Waals surface area contributed by atoms with Crippen molar-refractivity contribution in [1.82, 2.24) is 19.9 Å². The van der Waals surface area contributed by atoms with Crippen LogP contribution in [0.4, 0.5) is 0 Å². The van der Waals surface area contributed by atoms with Gasteiger partial charge in [-0.25, -0.2) is 0 Å². The average molecular weight is 254 g/mol. The van der Waals surface area contributed by atoms with Crippen LogP contribution in [0.1, 0.15) is 19.5 Å². The highest BCUT2D eigenvalue weighted by Crippen LogP contribution is 2.22. The lowest BCUT2D eigenvalue weighted by molar-refractivity contribution is -0.154. The summed E-state index contributed by atoms with van der Waals surface area (Å²) in [5, 5.41) is 7.87. The van der Waals surface area contributed by atoms with Gasteiger partial charge < -0.3 is 9.47 Å². The summed E-state index contributed by atoms with van der Waals surface area (Å²) < 4.78 is 13.0. The summed E-state index contributed by atoms with van der Waals surface area (Å²) in [6.45, 7) is 7.48. The molecule has 18 heavy (non-hydrogen) atoms. The molecule has 6 nitrogen and oxygen atoms in total. The number of aryl methyl sites for hydroxylation is 1. The Bertz CT molecular complexity index is 391. The summed E-state index contributed by atoms with van der Waals surface area (Å²) in [5.41, 5.74) is 0.969. The number of hydrogen-bond acceptors (Lipinski definition) is 5. The maximum absolute atomic E-state index is 5.99. The Morgan fingerprint density at radius 2 is 2.33 bits per heavy atom. The Kier molecular flexibility index (Phi) is 3.99. The first-order valence-electron chi connectivity index (χ1n) is 6.23. The number of aromatic nitrogens is 3. The van der Waals surface area contributed by atoms with Crippen molar-refractivity contribution in [3.63, 3.8) is 0 Å². The number of hydrogen-bond donors (Lipinski definition) is 0. The molecular formula is C12H22N4O2. The molecule has 1 fully saturated rings. The van der Waals surface area contributed by atoms with Gasteiger partial charge in [0.1, 0.15) is 0 Å². The van der Waals surface area contributed by atoms with Crippen molar-refractivity contribution in [3.8, 4) is 0 Å². The van der Waals surface area contributed by atoms with Gasteiger partial charge in [-0.05, 0) is 13.8 Å². The van der Waals surface area contributed by atoms with E-state index >= 15 is 0 Å². The zero-order chi connectivity index (χ0) is 13.2. The molecule has 0 aromatic carbocycles. The van der Waals surface area contributed by atoms with E-state index in [2.05, 4.69) is 29.1 Å². The van der Waals surface area contributed by atoms with E-state index in [4.69, 9.17) is 9.47 Å². The lowest BCUT2D eigenvalue weighted by atomic mass is 10.1. The van der Waals surface area contributed by atoms with E-state index in [0.29, 0.717) is 6.61 Å². The van der Waals surface area contributed by atoms with Crippen LogP contribution in [0.5, 0.6) is 0 Å². The van der Waals surface area contributed by atoms with Crippen LogP contribution in [-0.4, -0.2) is 58.4 Å².